The van der Waals surface area contributed by atoms with E-state index in [4.69, 9.17) is 14.7 Å². The van der Waals surface area contributed by atoms with Crippen molar-refractivity contribution in [2.45, 2.75) is 0 Å². The molecular formula is C5H17MnO6P3. The second kappa shape index (κ2) is 7.42. The number of rotatable bonds is 2. The maximum Gasteiger partial charge on any atom is 0.207 e. The molecule has 0 spiro atoms. The fourth-order valence-electron chi connectivity index (χ4n) is 0.487. The van der Waals surface area contributed by atoms with Gasteiger partial charge >= 0.3 is 0 Å². The van der Waals surface area contributed by atoms with Crippen molar-refractivity contribution < 1.29 is 45.4 Å². The summed E-state index contributed by atoms with van der Waals surface area (Å²) in [5.41, 5.74) is 0. The Balaban J connectivity index is -0.000000208. The van der Waals surface area contributed by atoms with Crippen LogP contribution in [0, 0.1) is 0 Å². The minimum atomic E-state index is -3.30. The number of hydrogen-bond donors (Lipinski definition) is 3. The first-order valence-corrected chi connectivity index (χ1v) is 10.7. The Morgan fingerprint density at radius 2 is 0.933 bits per heavy atom. The van der Waals surface area contributed by atoms with Crippen LogP contribution >= 0.6 is 22.1 Å². The molecule has 95 valence electrons. The van der Waals surface area contributed by atoms with Crippen LogP contribution in [0.3, 0.4) is 0 Å². The van der Waals surface area contributed by atoms with Crippen molar-refractivity contribution >= 4 is 22.1 Å². The molecule has 3 N–H and O–H groups in total. The predicted molar refractivity (Wildman–Crippen MR) is 58.0 cm³/mol. The van der Waals surface area contributed by atoms with Crippen molar-refractivity contribution in [3.63, 3.8) is 0 Å². The Hall–Kier alpha value is 1.09. The molecule has 10 heteroatoms. The summed E-state index contributed by atoms with van der Waals surface area (Å²) in [6, 6.07) is 0. The smallest absolute Gasteiger partial charge is 0.207 e. The summed E-state index contributed by atoms with van der Waals surface area (Å²) in [6.07, 6.45) is 0. The summed E-state index contributed by atoms with van der Waals surface area (Å²) < 4.78 is 30.7. The van der Waals surface area contributed by atoms with Crippen molar-refractivity contribution in [1.29, 1.82) is 0 Å². The van der Waals surface area contributed by atoms with Gasteiger partial charge in [0, 0.05) is 43.7 Å². The monoisotopic (exact) mass is 321 g/mol. The molecule has 2 unspecified atom stereocenters. The molecule has 6 nitrogen and oxygen atoms in total. The summed E-state index contributed by atoms with van der Waals surface area (Å²) >= 11 is 0. The van der Waals surface area contributed by atoms with Crippen LogP contribution in [0.15, 0.2) is 0 Å². The van der Waals surface area contributed by atoms with E-state index in [0.717, 1.165) is 13.3 Å². The summed E-state index contributed by atoms with van der Waals surface area (Å²) in [5, 5.41) is 0. The average molecular weight is 321 g/mol. The topological polar surface area (TPSA) is 112 Å². The minimum Gasteiger partial charge on any atom is -0.345 e. The Kier molecular flexibility index (Phi) is 10.6. The van der Waals surface area contributed by atoms with Gasteiger partial charge in [0.25, 0.3) is 0 Å². The molecule has 0 aromatic rings. The molecule has 0 aliphatic carbocycles. The fraction of sp³-hybridized carbons (Fsp3) is 1.00. The van der Waals surface area contributed by atoms with Crippen molar-refractivity contribution in [3.8, 4) is 0 Å². The quantitative estimate of drug-likeness (QED) is 0.521. The molecule has 0 amide bonds. The molecule has 15 heavy (non-hydrogen) atoms. The third-order valence-corrected chi connectivity index (χ3v) is 4.72. The molecule has 0 aromatic carbocycles. The zero-order valence-electron chi connectivity index (χ0n) is 8.99. The molecule has 0 aromatic heterocycles. The molecule has 1 radical (unpaired) electrons. The van der Waals surface area contributed by atoms with Crippen LogP contribution in [-0.2, 0) is 30.8 Å². The zero-order valence-corrected chi connectivity index (χ0v) is 12.9. The van der Waals surface area contributed by atoms with E-state index in [1.807, 2.05) is 0 Å². The molecule has 0 aliphatic rings. The van der Waals surface area contributed by atoms with Crippen molar-refractivity contribution in [2.75, 3.05) is 32.6 Å². The average Bonchev–Trinajstić information content (AvgIpc) is 1.42. The first-order valence-electron chi connectivity index (χ1n) is 3.57. The van der Waals surface area contributed by atoms with Gasteiger partial charge in [-0.3, -0.25) is 13.7 Å². The summed E-state index contributed by atoms with van der Waals surface area (Å²) in [7, 11) is -9.24. The third-order valence-electron chi connectivity index (χ3n) is 0.525. The summed E-state index contributed by atoms with van der Waals surface area (Å²) in [6.45, 7) is 4.73. The SMILES string of the molecule is CP(=O)(O)CP(C)(=O)O.CP(C)(=O)O.[Mn]. The standard InChI is InChI=1S/C3H10O4P2.C2H7O2P.Mn/c1-8(4,5)3-9(2,6)7;1-5(2,3)4;/h3H2,1-2H3,(H,4,5)(H,6,7);1-2H3,(H,3,4);. The maximum absolute atomic E-state index is 10.5. The van der Waals surface area contributed by atoms with E-state index in [-0.39, 0.29) is 17.1 Å². The van der Waals surface area contributed by atoms with E-state index in [2.05, 4.69) is 0 Å². The van der Waals surface area contributed by atoms with E-state index in [9.17, 15) is 13.7 Å². The Morgan fingerprint density at radius 1 is 0.800 bits per heavy atom. The molecule has 2 atom stereocenters. The van der Waals surface area contributed by atoms with Crippen LogP contribution in [-0.4, -0.2) is 47.2 Å². The van der Waals surface area contributed by atoms with E-state index >= 15 is 0 Å². The first-order chi connectivity index (χ1) is 5.71. The van der Waals surface area contributed by atoms with Crippen molar-refractivity contribution in [1.82, 2.24) is 0 Å². The van der Waals surface area contributed by atoms with Crippen LogP contribution < -0.4 is 0 Å². The first kappa shape index (κ1) is 21.4. The van der Waals surface area contributed by atoms with E-state index in [0.29, 0.717) is 0 Å². The Labute approximate surface area is 100 Å². The molecule has 0 aliphatic heterocycles. The van der Waals surface area contributed by atoms with Gasteiger partial charge < -0.3 is 14.7 Å². The van der Waals surface area contributed by atoms with Crippen LogP contribution in [0.25, 0.3) is 0 Å². The Bertz CT molecular complexity index is 270. The molecule has 0 fully saturated rings. The van der Waals surface area contributed by atoms with Crippen molar-refractivity contribution in [3.05, 3.63) is 0 Å². The van der Waals surface area contributed by atoms with Crippen LogP contribution in [0.5, 0.6) is 0 Å². The Morgan fingerprint density at radius 3 is 0.933 bits per heavy atom. The van der Waals surface area contributed by atoms with Gasteiger partial charge in [0.15, 0.2) is 7.37 Å². The molecule has 0 saturated heterocycles. The zero-order chi connectivity index (χ0) is 12.2. The van der Waals surface area contributed by atoms with Gasteiger partial charge in [-0.15, -0.1) is 0 Å². The van der Waals surface area contributed by atoms with Gasteiger partial charge in [-0.25, -0.2) is 0 Å². The molecule has 0 saturated carbocycles. The third kappa shape index (κ3) is 51.4. The summed E-state index contributed by atoms with van der Waals surface area (Å²) in [4.78, 5) is 25.2. The van der Waals surface area contributed by atoms with Crippen LogP contribution in [0.2, 0.25) is 0 Å². The van der Waals surface area contributed by atoms with Crippen molar-refractivity contribution in [2.24, 2.45) is 0 Å². The normalized spacial score (nSPS) is 18.6. The molecule has 0 bridgehead atoms. The van der Waals surface area contributed by atoms with E-state index in [1.165, 1.54) is 13.3 Å². The number of hydrogen-bond acceptors (Lipinski definition) is 3. The fourth-order valence-corrected chi connectivity index (χ4v) is 4.38. The van der Waals surface area contributed by atoms with E-state index < -0.39 is 28.0 Å². The van der Waals surface area contributed by atoms with Gasteiger partial charge in [-0.1, -0.05) is 0 Å². The second-order valence-corrected chi connectivity index (χ2v) is 11.5. The van der Waals surface area contributed by atoms with Gasteiger partial charge in [-0.05, 0) is 0 Å². The summed E-state index contributed by atoms with van der Waals surface area (Å²) in [5.74, 6) is -0.486. The molecular weight excluding hydrogens is 304 g/mol. The van der Waals surface area contributed by atoms with Gasteiger partial charge in [-0.2, -0.15) is 0 Å². The second-order valence-electron chi connectivity index (χ2n) is 3.54. The maximum atomic E-state index is 10.5. The molecule has 0 rings (SSSR count). The van der Waals surface area contributed by atoms with Crippen LogP contribution in [0.4, 0.5) is 0 Å². The van der Waals surface area contributed by atoms with Gasteiger partial charge in [0.2, 0.25) is 14.7 Å². The largest absolute Gasteiger partial charge is 0.345 e. The molecule has 0 heterocycles. The van der Waals surface area contributed by atoms with Gasteiger partial charge in [0.05, 0.1) is 0 Å². The van der Waals surface area contributed by atoms with Gasteiger partial charge in [0.1, 0.15) is 5.90 Å². The predicted octanol–water partition coefficient (Wildman–Crippen LogP) is 1.26. The van der Waals surface area contributed by atoms with E-state index in [1.54, 1.807) is 0 Å². The minimum absolute atomic E-state index is 0. The van der Waals surface area contributed by atoms with Crippen LogP contribution in [0.1, 0.15) is 0 Å².